The van der Waals surface area contributed by atoms with Crippen molar-refractivity contribution in [2.75, 3.05) is 27.7 Å². The molecule has 0 radical (unpaired) electrons. The number of carboxylic acid groups (broad SMARTS) is 1. The molecule has 0 aromatic rings. The van der Waals surface area contributed by atoms with Crippen LogP contribution in [-0.4, -0.2) is 55.3 Å². The Hall–Kier alpha value is -1.10. The van der Waals surface area contributed by atoms with Crippen molar-refractivity contribution < 1.29 is 23.9 Å². The van der Waals surface area contributed by atoms with Gasteiger partial charge in [0.2, 0.25) is 0 Å². The fraction of sp³-hybridized carbons (Fsp3) is 0.895. The van der Waals surface area contributed by atoms with Gasteiger partial charge in [0.05, 0.1) is 33.5 Å². The summed E-state index contributed by atoms with van der Waals surface area (Å²) in [4.78, 5) is 23.6. The summed E-state index contributed by atoms with van der Waals surface area (Å²) in [5.74, 6) is -1.22. The fourth-order valence-electron chi connectivity index (χ4n) is 2.86. The summed E-state index contributed by atoms with van der Waals surface area (Å²) in [6.45, 7) is 4.79. The van der Waals surface area contributed by atoms with E-state index in [0.29, 0.717) is 11.0 Å². The molecule has 0 aliphatic rings. The van der Waals surface area contributed by atoms with E-state index in [4.69, 9.17) is 9.84 Å². The SMILES string of the molecule is CCCCCCC(CCCC)C(=O)OC(CC(=O)O)C[N+](C)(C)C. The number of hydrogen-bond acceptors (Lipinski definition) is 3. The summed E-state index contributed by atoms with van der Waals surface area (Å²) in [6, 6.07) is 0. The Balaban J connectivity index is 4.71. The van der Waals surface area contributed by atoms with E-state index in [9.17, 15) is 9.59 Å². The average molecular weight is 345 g/mol. The van der Waals surface area contributed by atoms with Gasteiger partial charge >= 0.3 is 11.9 Å². The minimum absolute atomic E-state index is 0.0921. The van der Waals surface area contributed by atoms with Crippen LogP contribution in [0.15, 0.2) is 0 Å². The van der Waals surface area contributed by atoms with Crippen LogP contribution in [0.2, 0.25) is 0 Å². The number of carboxylic acids is 1. The summed E-state index contributed by atoms with van der Waals surface area (Å²) in [5, 5.41) is 9.08. The molecule has 0 spiro atoms. The topological polar surface area (TPSA) is 63.6 Å². The second-order valence-electron chi connectivity index (χ2n) is 7.82. The van der Waals surface area contributed by atoms with Crippen LogP contribution in [0.1, 0.15) is 71.6 Å². The van der Waals surface area contributed by atoms with Gasteiger partial charge in [0, 0.05) is 0 Å². The van der Waals surface area contributed by atoms with E-state index in [1.54, 1.807) is 0 Å². The van der Waals surface area contributed by atoms with Crippen LogP contribution < -0.4 is 0 Å². The Morgan fingerprint density at radius 2 is 1.54 bits per heavy atom. The lowest BCUT2D eigenvalue weighted by molar-refractivity contribution is -0.873. The lowest BCUT2D eigenvalue weighted by atomic mass is 9.95. The number of unbranched alkanes of at least 4 members (excludes halogenated alkanes) is 4. The molecule has 142 valence electrons. The molecule has 0 aliphatic carbocycles. The first-order chi connectivity index (χ1) is 11.2. The zero-order valence-corrected chi connectivity index (χ0v) is 16.3. The number of rotatable bonds is 14. The molecule has 24 heavy (non-hydrogen) atoms. The normalized spacial score (nSPS) is 14.2. The Morgan fingerprint density at radius 3 is 2.04 bits per heavy atom. The molecule has 0 amide bonds. The monoisotopic (exact) mass is 344 g/mol. The van der Waals surface area contributed by atoms with Gasteiger partial charge in [-0.1, -0.05) is 52.4 Å². The molecule has 5 heteroatoms. The second-order valence-corrected chi connectivity index (χ2v) is 7.82. The molecule has 1 N–H and O–H groups in total. The second kappa shape index (κ2) is 12.3. The van der Waals surface area contributed by atoms with Crippen molar-refractivity contribution in [3.8, 4) is 0 Å². The quantitative estimate of drug-likeness (QED) is 0.295. The Labute approximate surface area is 148 Å². The van der Waals surface area contributed by atoms with Crippen molar-refractivity contribution in [3.63, 3.8) is 0 Å². The number of aliphatic carboxylic acids is 1. The molecule has 2 atom stereocenters. The van der Waals surface area contributed by atoms with Gasteiger partial charge in [0.1, 0.15) is 6.54 Å². The minimum Gasteiger partial charge on any atom is -0.481 e. The zero-order chi connectivity index (χ0) is 18.6. The molecule has 0 aromatic carbocycles. The van der Waals surface area contributed by atoms with Crippen LogP contribution in [-0.2, 0) is 14.3 Å². The highest BCUT2D eigenvalue weighted by atomic mass is 16.5. The van der Waals surface area contributed by atoms with E-state index in [1.165, 1.54) is 12.8 Å². The number of nitrogens with zero attached hydrogens (tertiary/aromatic N) is 1. The first-order valence-corrected chi connectivity index (χ1v) is 9.42. The lowest BCUT2D eigenvalue weighted by Gasteiger charge is -2.29. The number of hydrogen-bond donors (Lipinski definition) is 1. The Kier molecular flexibility index (Phi) is 11.7. The van der Waals surface area contributed by atoms with Crippen molar-refractivity contribution in [1.29, 1.82) is 0 Å². The highest BCUT2D eigenvalue weighted by molar-refractivity contribution is 5.73. The average Bonchev–Trinajstić information content (AvgIpc) is 2.43. The maximum Gasteiger partial charge on any atom is 0.309 e. The number of carbonyl (C=O) groups excluding carboxylic acids is 1. The molecule has 0 aromatic heterocycles. The molecule has 0 fully saturated rings. The molecule has 0 saturated carbocycles. The highest BCUT2D eigenvalue weighted by Crippen LogP contribution is 2.20. The van der Waals surface area contributed by atoms with Crippen LogP contribution in [0.25, 0.3) is 0 Å². The van der Waals surface area contributed by atoms with Crippen LogP contribution in [0.3, 0.4) is 0 Å². The van der Waals surface area contributed by atoms with Crippen LogP contribution in [0.5, 0.6) is 0 Å². The third-order valence-corrected chi connectivity index (χ3v) is 4.08. The predicted molar refractivity (Wildman–Crippen MR) is 96.8 cm³/mol. The maximum atomic E-state index is 12.6. The van der Waals surface area contributed by atoms with E-state index in [0.717, 1.165) is 38.5 Å². The molecule has 0 bridgehead atoms. The first kappa shape index (κ1) is 22.9. The number of likely N-dealkylation sites (N-methyl/N-ethyl adjacent to an activating group) is 1. The molecular formula is C19H38NO4+. The van der Waals surface area contributed by atoms with E-state index in [-0.39, 0.29) is 18.3 Å². The van der Waals surface area contributed by atoms with Crippen LogP contribution in [0, 0.1) is 5.92 Å². The van der Waals surface area contributed by atoms with Crippen molar-refractivity contribution in [1.82, 2.24) is 0 Å². The molecule has 0 aliphatic heterocycles. The highest BCUT2D eigenvalue weighted by Gasteiger charge is 2.28. The van der Waals surface area contributed by atoms with Gasteiger partial charge in [0.25, 0.3) is 0 Å². The standard InChI is InChI=1S/C19H37NO4/c1-6-8-10-11-13-16(12-9-7-2)19(23)24-17(14-18(21)22)15-20(3,4)5/h16-17H,6-15H2,1-5H3/p+1. The van der Waals surface area contributed by atoms with Crippen LogP contribution >= 0.6 is 0 Å². The van der Waals surface area contributed by atoms with Crippen molar-refractivity contribution >= 4 is 11.9 Å². The van der Waals surface area contributed by atoms with Crippen LogP contribution in [0.4, 0.5) is 0 Å². The van der Waals surface area contributed by atoms with Crippen molar-refractivity contribution in [2.45, 2.75) is 77.7 Å². The van der Waals surface area contributed by atoms with Gasteiger partial charge in [-0.15, -0.1) is 0 Å². The summed E-state index contributed by atoms with van der Waals surface area (Å²) in [7, 11) is 5.92. The molecule has 2 unspecified atom stereocenters. The lowest BCUT2D eigenvalue weighted by Crippen LogP contribution is -2.44. The number of esters is 1. The molecule has 5 nitrogen and oxygen atoms in total. The number of carbonyl (C=O) groups is 2. The summed E-state index contributed by atoms with van der Waals surface area (Å²) >= 11 is 0. The molecule has 0 heterocycles. The van der Waals surface area contributed by atoms with Gasteiger partial charge in [-0.05, 0) is 12.8 Å². The molecular weight excluding hydrogens is 306 g/mol. The van der Waals surface area contributed by atoms with Crippen molar-refractivity contribution in [3.05, 3.63) is 0 Å². The van der Waals surface area contributed by atoms with E-state index >= 15 is 0 Å². The molecule has 0 rings (SSSR count). The maximum absolute atomic E-state index is 12.6. The van der Waals surface area contributed by atoms with Gasteiger partial charge in [-0.2, -0.15) is 0 Å². The summed E-state index contributed by atoms with van der Waals surface area (Å²) < 4.78 is 6.19. The van der Waals surface area contributed by atoms with Gasteiger partial charge in [0.15, 0.2) is 6.10 Å². The molecule has 0 saturated heterocycles. The predicted octanol–water partition coefficient (Wildman–Crippen LogP) is 3.86. The van der Waals surface area contributed by atoms with E-state index < -0.39 is 12.1 Å². The Bertz CT molecular complexity index is 363. The zero-order valence-electron chi connectivity index (χ0n) is 16.3. The van der Waals surface area contributed by atoms with Gasteiger partial charge in [-0.3, -0.25) is 9.59 Å². The largest absolute Gasteiger partial charge is 0.481 e. The van der Waals surface area contributed by atoms with Gasteiger partial charge in [-0.25, -0.2) is 0 Å². The summed E-state index contributed by atoms with van der Waals surface area (Å²) in [6.07, 6.45) is 7.61. The van der Waals surface area contributed by atoms with Crippen molar-refractivity contribution in [2.24, 2.45) is 5.92 Å². The fourth-order valence-corrected chi connectivity index (χ4v) is 2.86. The number of ether oxygens (including phenoxy) is 1. The van der Waals surface area contributed by atoms with E-state index in [2.05, 4.69) is 13.8 Å². The number of quaternary nitrogens is 1. The van der Waals surface area contributed by atoms with Gasteiger partial charge < -0.3 is 14.3 Å². The summed E-state index contributed by atoms with van der Waals surface area (Å²) in [5.41, 5.74) is 0. The third kappa shape index (κ3) is 12.3. The smallest absolute Gasteiger partial charge is 0.309 e. The third-order valence-electron chi connectivity index (χ3n) is 4.08. The van der Waals surface area contributed by atoms with E-state index in [1.807, 2.05) is 21.1 Å². The first-order valence-electron chi connectivity index (χ1n) is 9.42. The Morgan fingerprint density at radius 1 is 0.958 bits per heavy atom. The minimum atomic E-state index is -0.922.